The molecule has 0 aliphatic heterocycles. The summed E-state index contributed by atoms with van der Waals surface area (Å²) in [5, 5.41) is 3.49. The van der Waals surface area contributed by atoms with Crippen molar-refractivity contribution in [2.75, 3.05) is 6.54 Å². The van der Waals surface area contributed by atoms with E-state index < -0.39 is 6.61 Å². The molecular weight excluding hydrogens is 260 g/mol. The molecule has 1 aromatic rings. The van der Waals surface area contributed by atoms with Crippen LogP contribution in [-0.2, 0) is 0 Å². The Morgan fingerprint density at radius 1 is 1.10 bits per heavy atom. The largest absolute Gasteiger partial charge is 0.435 e. The summed E-state index contributed by atoms with van der Waals surface area (Å²) in [7, 11) is 0. The zero-order valence-electron chi connectivity index (χ0n) is 12.9. The first-order valence-electron chi connectivity index (χ1n) is 7.00. The number of hydrogen-bond donors (Lipinski definition) is 1. The Morgan fingerprint density at radius 2 is 1.65 bits per heavy atom. The normalized spacial score (nSPS) is 13.8. The SMILES string of the molecule is CC(NCC(C)(C)C(C)C)c1ccc(OC(F)F)cc1. The van der Waals surface area contributed by atoms with Gasteiger partial charge in [0.1, 0.15) is 5.75 Å². The maximum absolute atomic E-state index is 12.1. The Balaban J connectivity index is 2.57. The summed E-state index contributed by atoms with van der Waals surface area (Å²) in [6.45, 7) is 9.09. The monoisotopic (exact) mass is 285 g/mol. The molecule has 0 heterocycles. The van der Waals surface area contributed by atoms with Crippen LogP contribution in [0.1, 0.15) is 46.2 Å². The average Bonchev–Trinajstić information content (AvgIpc) is 2.36. The van der Waals surface area contributed by atoms with E-state index in [1.165, 1.54) is 0 Å². The third-order valence-corrected chi connectivity index (χ3v) is 4.03. The van der Waals surface area contributed by atoms with Crippen LogP contribution in [-0.4, -0.2) is 13.2 Å². The fourth-order valence-corrected chi connectivity index (χ4v) is 1.68. The van der Waals surface area contributed by atoms with Crippen LogP contribution in [0.4, 0.5) is 8.78 Å². The predicted molar refractivity (Wildman–Crippen MR) is 78.1 cm³/mol. The summed E-state index contributed by atoms with van der Waals surface area (Å²) >= 11 is 0. The molecule has 0 bridgehead atoms. The summed E-state index contributed by atoms with van der Waals surface area (Å²) < 4.78 is 28.5. The molecule has 1 aromatic carbocycles. The van der Waals surface area contributed by atoms with E-state index in [0.29, 0.717) is 5.92 Å². The Morgan fingerprint density at radius 3 is 2.10 bits per heavy atom. The fraction of sp³-hybridized carbons (Fsp3) is 0.625. The molecule has 0 spiro atoms. The highest BCUT2D eigenvalue weighted by atomic mass is 19.3. The highest BCUT2D eigenvalue weighted by Crippen LogP contribution is 2.26. The molecule has 0 saturated carbocycles. The maximum Gasteiger partial charge on any atom is 0.387 e. The summed E-state index contributed by atoms with van der Waals surface area (Å²) in [4.78, 5) is 0. The van der Waals surface area contributed by atoms with Gasteiger partial charge >= 0.3 is 6.61 Å². The van der Waals surface area contributed by atoms with Crippen molar-refractivity contribution >= 4 is 0 Å². The lowest BCUT2D eigenvalue weighted by atomic mass is 9.81. The van der Waals surface area contributed by atoms with Crippen molar-refractivity contribution in [3.05, 3.63) is 29.8 Å². The minimum atomic E-state index is -2.77. The smallest absolute Gasteiger partial charge is 0.387 e. The van der Waals surface area contributed by atoms with Gasteiger partial charge in [-0.25, -0.2) is 0 Å². The topological polar surface area (TPSA) is 21.3 Å². The Bertz CT molecular complexity index is 401. The van der Waals surface area contributed by atoms with Crippen molar-refractivity contribution in [2.24, 2.45) is 11.3 Å². The molecule has 0 aliphatic rings. The second-order valence-electron chi connectivity index (χ2n) is 6.19. The van der Waals surface area contributed by atoms with Gasteiger partial charge in [0.05, 0.1) is 0 Å². The van der Waals surface area contributed by atoms with Gasteiger partial charge in [-0.05, 0) is 36.0 Å². The molecule has 0 fully saturated rings. The van der Waals surface area contributed by atoms with E-state index in [-0.39, 0.29) is 17.2 Å². The van der Waals surface area contributed by atoms with E-state index in [4.69, 9.17) is 0 Å². The molecule has 1 atom stereocenters. The summed E-state index contributed by atoms with van der Waals surface area (Å²) in [5.74, 6) is 0.780. The molecule has 0 radical (unpaired) electrons. The van der Waals surface area contributed by atoms with Crippen molar-refractivity contribution in [1.82, 2.24) is 5.32 Å². The van der Waals surface area contributed by atoms with Gasteiger partial charge in [-0.1, -0.05) is 39.8 Å². The van der Waals surface area contributed by atoms with E-state index >= 15 is 0 Å². The van der Waals surface area contributed by atoms with Gasteiger partial charge in [-0.3, -0.25) is 0 Å². The summed E-state index contributed by atoms with van der Waals surface area (Å²) in [5.41, 5.74) is 1.28. The molecule has 0 saturated heterocycles. The standard InChI is InChI=1S/C16H25F2NO/c1-11(2)16(4,5)10-19-12(3)13-6-8-14(9-7-13)20-15(17)18/h6-9,11-12,15,19H,10H2,1-5H3. The van der Waals surface area contributed by atoms with Crippen LogP contribution in [0, 0.1) is 11.3 Å². The van der Waals surface area contributed by atoms with Gasteiger partial charge in [0, 0.05) is 12.6 Å². The van der Waals surface area contributed by atoms with Crippen LogP contribution in [0.3, 0.4) is 0 Å². The van der Waals surface area contributed by atoms with Crippen molar-refractivity contribution in [2.45, 2.75) is 47.3 Å². The van der Waals surface area contributed by atoms with Crippen LogP contribution < -0.4 is 10.1 Å². The lowest BCUT2D eigenvalue weighted by molar-refractivity contribution is -0.0498. The van der Waals surface area contributed by atoms with E-state index in [0.717, 1.165) is 12.1 Å². The quantitative estimate of drug-likeness (QED) is 0.789. The molecule has 1 unspecified atom stereocenters. The number of halogens is 2. The highest BCUT2D eigenvalue weighted by Gasteiger charge is 2.22. The second-order valence-corrected chi connectivity index (χ2v) is 6.19. The average molecular weight is 285 g/mol. The number of benzene rings is 1. The third kappa shape index (κ3) is 5.08. The van der Waals surface area contributed by atoms with Crippen LogP contribution >= 0.6 is 0 Å². The molecule has 0 aliphatic carbocycles. The van der Waals surface area contributed by atoms with Gasteiger partial charge in [-0.15, -0.1) is 0 Å². The van der Waals surface area contributed by atoms with E-state index in [2.05, 4.69) is 44.7 Å². The zero-order valence-corrected chi connectivity index (χ0v) is 12.9. The molecular formula is C16H25F2NO. The van der Waals surface area contributed by atoms with Crippen molar-refractivity contribution < 1.29 is 13.5 Å². The third-order valence-electron chi connectivity index (χ3n) is 4.03. The highest BCUT2D eigenvalue weighted by molar-refractivity contribution is 5.28. The second kappa shape index (κ2) is 7.02. The van der Waals surface area contributed by atoms with Crippen LogP contribution in [0.2, 0.25) is 0 Å². The molecule has 1 rings (SSSR count). The molecule has 2 nitrogen and oxygen atoms in total. The molecule has 20 heavy (non-hydrogen) atoms. The van der Waals surface area contributed by atoms with E-state index in [1.54, 1.807) is 12.1 Å². The number of hydrogen-bond acceptors (Lipinski definition) is 2. The first-order chi connectivity index (χ1) is 9.22. The Hall–Kier alpha value is -1.16. The number of rotatable bonds is 7. The number of alkyl halides is 2. The summed E-state index contributed by atoms with van der Waals surface area (Å²) in [6.07, 6.45) is 0. The minimum absolute atomic E-state index is 0.175. The van der Waals surface area contributed by atoms with Crippen molar-refractivity contribution in [3.8, 4) is 5.75 Å². The van der Waals surface area contributed by atoms with Gasteiger partial charge < -0.3 is 10.1 Å². The Labute approximate surface area is 120 Å². The molecule has 1 N–H and O–H groups in total. The first kappa shape index (κ1) is 16.9. The predicted octanol–water partition coefficient (Wildman–Crippen LogP) is 4.62. The maximum atomic E-state index is 12.1. The van der Waals surface area contributed by atoms with Gasteiger partial charge in [0.15, 0.2) is 0 Å². The zero-order chi connectivity index (χ0) is 15.3. The molecule has 0 aromatic heterocycles. The number of nitrogens with one attached hydrogen (secondary N) is 1. The lowest BCUT2D eigenvalue weighted by Crippen LogP contribution is -2.34. The van der Waals surface area contributed by atoms with Crippen molar-refractivity contribution in [1.29, 1.82) is 0 Å². The fourth-order valence-electron chi connectivity index (χ4n) is 1.68. The van der Waals surface area contributed by atoms with Crippen molar-refractivity contribution in [3.63, 3.8) is 0 Å². The van der Waals surface area contributed by atoms with Gasteiger partial charge in [0.2, 0.25) is 0 Å². The molecule has 114 valence electrons. The molecule has 0 amide bonds. The number of ether oxygens (including phenoxy) is 1. The van der Waals surface area contributed by atoms with Crippen LogP contribution in [0.15, 0.2) is 24.3 Å². The van der Waals surface area contributed by atoms with Gasteiger partial charge in [0.25, 0.3) is 0 Å². The van der Waals surface area contributed by atoms with Crippen LogP contribution in [0.5, 0.6) is 5.75 Å². The Kier molecular flexibility index (Phi) is 5.93. The van der Waals surface area contributed by atoms with Gasteiger partial charge in [-0.2, -0.15) is 8.78 Å². The van der Waals surface area contributed by atoms with E-state index in [9.17, 15) is 8.78 Å². The summed E-state index contributed by atoms with van der Waals surface area (Å²) in [6, 6.07) is 6.96. The molecule has 4 heteroatoms. The lowest BCUT2D eigenvalue weighted by Gasteiger charge is -2.31. The first-order valence-corrected chi connectivity index (χ1v) is 7.00. The van der Waals surface area contributed by atoms with E-state index in [1.807, 2.05) is 12.1 Å². The minimum Gasteiger partial charge on any atom is -0.435 e. The van der Waals surface area contributed by atoms with Crippen LogP contribution in [0.25, 0.3) is 0 Å².